The fourth-order valence-corrected chi connectivity index (χ4v) is 5.17. The summed E-state index contributed by atoms with van der Waals surface area (Å²) >= 11 is 0. The maximum atomic E-state index is 13.0. The highest BCUT2D eigenvalue weighted by Gasteiger charge is 2.35. The summed E-state index contributed by atoms with van der Waals surface area (Å²) in [5.74, 6) is -1.79. The summed E-state index contributed by atoms with van der Waals surface area (Å²) in [5.41, 5.74) is -0.463. The molecule has 2 fully saturated rings. The SMILES string of the molecule is CCN1CCN(CC(=O)N2CCN(S(=O)(=O)c3ccc(OC)c([N+](=O)[O-])c3)CC2)C(=O)C1=O. The maximum absolute atomic E-state index is 13.0. The van der Waals surface area contributed by atoms with Crippen molar-refractivity contribution in [2.45, 2.75) is 11.8 Å². The Hall–Kier alpha value is -3.26. The Balaban J connectivity index is 1.63. The molecule has 0 spiro atoms. The predicted molar refractivity (Wildman–Crippen MR) is 114 cm³/mol. The van der Waals surface area contributed by atoms with Crippen LogP contribution in [0.25, 0.3) is 0 Å². The number of sulfonamides is 1. The fourth-order valence-electron chi connectivity index (χ4n) is 3.73. The Kier molecular flexibility index (Phi) is 7.17. The molecule has 0 bridgehead atoms. The van der Waals surface area contributed by atoms with Crippen molar-refractivity contribution in [3.8, 4) is 5.75 Å². The fraction of sp³-hybridized carbons (Fsp3) is 0.526. The summed E-state index contributed by atoms with van der Waals surface area (Å²) in [6, 6.07) is 3.41. The highest BCUT2D eigenvalue weighted by atomic mass is 32.2. The molecule has 13 nitrogen and oxygen atoms in total. The van der Waals surface area contributed by atoms with Gasteiger partial charge in [-0.2, -0.15) is 4.31 Å². The molecule has 2 aliphatic heterocycles. The third-order valence-corrected chi connectivity index (χ3v) is 7.58. The lowest BCUT2D eigenvalue weighted by molar-refractivity contribution is -0.386. The van der Waals surface area contributed by atoms with Crippen molar-refractivity contribution in [1.29, 1.82) is 0 Å². The predicted octanol–water partition coefficient (Wildman–Crippen LogP) is -0.873. The second-order valence-electron chi connectivity index (χ2n) is 7.49. The van der Waals surface area contributed by atoms with Crippen LogP contribution in [0, 0.1) is 10.1 Å². The van der Waals surface area contributed by atoms with Crippen molar-refractivity contribution in [2.24, 2.45) is 0 Å². The van der Waals surface area contributed by atoms with E-state index in [0.717, 1.165) is 10.4 Å². The number of piperazine rings is 2. The normalized spacial score (nSPS) is 17.9. The zero-order valence-electron chi connectivity index (χ0n) is 18.3. The third-order valence-electron chi connectivity index (χ3n) is 5.68. The lowest BCUT2D eigenvalue weighted by Gasteiger charge is -2.37. The number of carbonyl (C=O) groups excluding carboxylic acids is 3. The van der Waals surface area contributed by atoms with E-state index in [1.807, 2.05) is 0 Å². The first-order chi connectivity index (χ1) is 15.6. The van der Waals surface area contributed by atoms with E-state index in [2.05, 4.69) is 0 Å². The number of likely N-dealkylation sites (N-methyl/N-ethyl adjacent to an activating group) is 1. The molecule has 1 aromatic carbocycles. The molecule has 2 saturated heterocycles. The zero-order valence-corrected chi connectivity index (χ0v) is 19.1. The van der Waals surface area contributed by atoms with E-state index in [-0.39, 0.29) is 55.8 Å². The van der Waals surface area contributed by atoms with Gasteiger partial charge in [0.05, 0.1) is 16.9 Å². The maximum Gasteiger partial charge on any atom is 0.312 e. The second-order valence-corrected chi connectivity index (χ2v) is 9.43. The monoisotopic (exact) mass is 483 g/mol. The van der Waals surface area contributed by atoms with Crippen molar-refractivity contribution in [3.63, 3.8) is 0 Å². The number of benzene rings is 1. The van der Waals surface area contributed by atoms with E-state index in [1.54, 1.807) is 6.92 Å². The molecule has 33 heavy (non-hydrogen) atoms. The van der Waals surface area contributed by atoms with Crippen LogP contribution >= 0.6 is 0 Å². The van der Waals surface area contributed by atoms with Crippen LogP contribution in [0.1, 0.15) is 6.92 Å². The van der Waals surface area contributed by atoms with Crippen LogP contribution in [0.15, 0.2) is 23.1 Å². The standard InChI is InChI=1S/C19H25N5O8S/c1-3-20-6-7-22(19(27)18(20)26)13-17(25)21-8-10-23(11-9-21)33(30,31)14-4-5-16(32-2)15(12-14)24(28)29/h4-5,12H,3,6-11,13H2,1-2H3. The van der Waals surface area contributed by atoms with E-state index < -0.39 is 32.4 Å². The number of carbonyl (C=O) groups is 3. The first-order valence-corrected chi connectivity index (χ1v) is 11.7. The molecule has 14 heteroatoms. The number of amides is 3. The Labute approximate surface area is 190 Å². The summed E-state index contributed by atoms with van der Waals surface area (Å²) in [6.45, 7) is 2.71. The molecule has 1 aromatic rings. The first kappa shape index (κ1) is 24.4. The number of nitro benzene ring substituents is 1. The molecule has 0 atom stereocenters. The molecule has 2 heterocycles. The minimum atomic E-state index is -4.02. The molecule has 3 amide bonds. The van der Waals surface area contributed by atoms with E-state index in [0.29, 0.717) is 13.1 Å². The van der Waals surface area contributed by atoms with Crippen LogP contribution in [0.4, 0.5) is 5.69 Å². The quantitative estimate of drug-likeness (QED) is 0.276. The second kappa shape index (κ2) is 9.70. The Morgan fingerprint density at radius 1 is 1.06 bits per heavy atom. The van der Waals surface area contributed by atoms with Gasteiger partial charge in [-0.3, -0.25) is 24.5 Å². The topological polar surface area (TPSA) is 151 Å². The van der Waals surface area contributed by atoms with Gasteiger partial charge < -0.3 is 19.4 Å². The highest BCUT2D eigenvalue weighted by Crippen LogP contribution is 2.30. The minimum Gasteiger partial charge on any atom is -0.490 e. The number of nitrogens with zero attached hydrogens (tertiary/aromatic N) is 5. The highest BCUT2D eigenvalue weighted by molar-refractivity contribution is 7.89. The van der Waals surface area contributed by atoms with Gasteiger partial charge in [0.1, 0.15) is 6.54 Å². The van der Waals surface area contributed by atoms with Gasteiger partial charge in [0.25, 0.3) is 0 Å². The summed E-state index contributed by atoms with van der Waals surface area (Å²) < 4.78 is 32.0. The number of rotatable bonds is 7. The third kappa shape index (κ3) is 4.90. The van der Waals surface area contributed by atoms with Crippen LogP contribution in [0.3, 0.4) is 0 Å². The van der Waals surface area contributed by atoms with Crippen molar-refractivity contribution in [2.75, 3.05) is 59.5 Å². The van der Waals surface area contributed by atoms with Gasteiger partial charge in [0.15, 0.2) is 5.75 Å². The van der Waals surface area contributed by atoms with Crippen LogP contribution in [-0.4, -0.2) is 110 Å². The van der Waals surface area contributed by atoms with Crippen LogP contribution in [-0.2, 0) is 24.4 Å². The van der Waals surface area contributed by atoms with Crippen LogP contribution in [0.2, 0.25) is 0 Å². The summed E-state index contributed by atoms with van der Waals surface area (Å²) in [4.78, 5) is 51.1. The lowest BCUT2D eigenvalue weighted by Crippen LogP contribution is -2.58. The van der Waals surface area contributed by atoms with Gasteiger partial charge in [0.2, 0.25) is 15.9 Å². The van der Waals surface area contributed by atoms with Gasteiger partial charge in [-0.05, 0) is 19.1 Å². The molecule has 180 valence electrons. The molecule has 0 aliphatic carbocycles. The lowest BCUT2D eigenvalue weighted by atomic mass is 10.2. The average molecular weight is 484 g/mol. The molecule has 0 N–H and O–H groups in total. The first-order valence-electron chi connectivity index (χ1n) is 10.3. The van der Waals surface area contributed by atoms with E-state index >= 15 is 0 Å². The molecular formula is C19H25N5O8S. The number of ether oxygens (including phenoxy) is 1. The molecule has 0 aromatic heterocycles. The van der Waals surface area contributed by atoms with Gasteiger partial charge in [-0.25, -0.2) is 8.42 Å². The van der Waals surface area contributed by atoms with E-state index in [4.69, 9.17) is 4.74 Å². The molecule has 3 rings (SSSR count). The Morgan fingerprint density at radius 3 is 2.24 bits per heavy atom. The smallest absolute Gasteiger partial charge is 0.312 e. The average Bonchev–Trinajstić information content (AvgIpc) is 2.81. The number of nitro groups is 1. The Morgan fingerprint density at radius 2 is 1.67 bits per heavy atom. The van der Waals surface area contributed by atoms with Crippen molar-refractivity contribution in [1.82, 2.24) is 19.0 Å². The summed E-state index contributed by atoms with van der Waals surface area (Å²) in [7, 11) is -2.77. The van der Waals surface area contributed by atoms with Crippen molar-refractivity contribution in [3.05, 3.63) is 28.3 Å². The molecule has 0 unspecified atom stereocenters. The molecule has 0 saturated carbocycles. The van der Waals surface area contributed by atoms with Gasteiger partial charge in [0, 0.05) is 51.9 Å². The summed E-state index contributed by atoms with van der Waals surface area (Å²) in [6.07, 6.45) is 0. The number of hydrogen-bond donors (Lipinski definition) is 0. The minimum absolute atomic E-state index is 0.00953. The van der Waals surface area contributed by atoms with E-state index in [1.165, 1.54) is 33.9 Å². The number of methoxy groups -OCH3 is 1. The van der Waals surface area contributed by atoms with Crippen LogP contribution < -0.4 is 4.74 Å². The number of hydrogen-bond acceptors (Lipinski definition) is 8. The van der Waals surface area contributed by atoms with Gasteiger partial charge in [-0.15, -0.1) is 0 Å². The molecule has 0 radical (unpaired) electrons. The van der Waals surface area contributed by atoms with E-state index in [9.17, 15) is 32.9 Å². The molecular weight excluding hydrogens is 458 g/mol. The van der Waals surface area contributed by atoms with Crippen molar-refractivity contribution < 1.29 is 32.5 Å². The van der Waals surface area contributed by atoms with Gasteiger partial charge in [-0.1, -0.05) is 0 Å². The zero-order chi connectivity index (χ0) is 24.3. The largest absolute Gasteiger partial charge is 0.490 e. The Bertz CT molecular complexity index is 1070. The van der Waals surface area contributed by atoms with Crippen LogP contribution in [0.5, 0.6) is 5.75 Å². The molecule has 2 aliphatic rings. The summed E-state index contributed by atoms with van der Waals surface area (Å²) in [5, 5.41) is 11.2. The van der Waals surface area contributed by atoms with Gasteiger partial charge >= 0.3 is 17.5 Å². The van der Waals surface area contributed by atoms with Crippen molar-refractivity contribution >= 4 is 33.4 Å².